The molecule has 1 heterocycles. The highest BCUT2D eigenvalue weighted by Crippen LogP contribution is 2.19. The Bertz CT molecular complexity index is 220. The van der Waals surface area contributed by atoms with Gasteiger partial charge in [0.05, 0.1) is 13.2 Å². The van der Waals surface area contributed by atoms with Crippen molar-refractivity contribution < 1.29 is 9.84 Å². The molecule has 0 amide bonds. The van der Waals surface area contributed by atoms with Crippen molar-refractivity contribution in [3.8, 4) is 0 Å². The molecule has 0 radical (unpaired) electrons. The van der Waals surface area contributed by atoms with Crippen LogP contribution in [-0.2, 0) is 4.74 Å². The van der Waals surface area contributed by atoms with Crippen LogP contribution >= 0.6 is 0 Å². The summed E-state index contributed by atoms with van der Waals surface area (Å²) >= 11 is 0. The highest BCUT2D eigenvalue weighted by Gasteiger charge is 2.28. The fourth-order valence-electron chi connectivity index (χ4n) is 3.17. The van der Waals surface area contributed by atoms with Crippen LogP contribution in [-0.4, -0.2) is 61.5 Å². The molecule has 4 heteroatoms. The van der Waals surface area contributed by atoms with Crippen LogP contribution in [0.5, 0.6) is 0 Å². The normalized spacial score (nSPS) is 24.3. The summed E-state index contributed by atoms with van der Waals surface area (Å²) in [6, 6.07) is 1.14. The third kappa shape index (κ3) is 5.38. The van der Waals surface area contributed by atoms with Crippen LogP contribution in [0.3, 0.4) is 0 Å². The SMILES string of the molecule is CCNC1CCOCC1CN(CCO)C(CC)CC. The maximum atomic E-state index is 9.29. The smallest absolute Gasteiger partial charge is 0.0558 e. The molecule has 114 valence electrons. The van der Waals surface area contributed by atoms with Crippen LogP contribution in [0.25, 0.3) is 0 Å². The lowest BCUT2D eigenvalue weighted by Crippen LogP contribution is -2.50. The van der Waals surface area contributed by atoms with Gasteiger partial charge in [-0.15, -0.1) is 0 Å². The zero-order chi connectivity index (χ0) is 14.1. The second-order valence-electron chi connectivity index (χ2n) is 5.48. The van der Waals surface area contributed by atoms with E-state index >= 15 is 0 Å². The molecule has 1 aliphatic heterocycles. The fraction of sp³-hybridized carbons (Fsp3) is 1.00. The minimum Gasteiger partial charge on any atom is -0.395 e. The van der Waals surface area contributed by atoms with Crippen molar-refractivity contribution in [2.75, 3.05) is 39.5 Å². The number of hydrogen-bond donors (Lipinski definition) is 2. The van der Waals surface area contributed by atoms with E-state index in [2.05, 4.69) is 31.0 Å². The molecule has 1 saturated heterocycles. The van der Waals surface area contributed by atoms with Crippen molar-refractivity contribution in [1.29, 1.82) is 0 Å². The Hall–Kier alpha value is -0.160. The third-order valence-electron chi connectivity index (χ3n) is 4.26. The van der Waals surface area contributed by atoms with Gasteiger partial charge < -0.3 is 15.2 Å². The summed E-state index contributed by atoms with van der Waals surface area (Å²) < 4.78 is 5.66. The van der Waals surface area contributed by atoms with Gasteiger partial charge in [-0.1, -0.05) is 20.8 Å². The minimum atomic E-state index is 0.246. The average molecular weight is 272 g/mol. The first-order valence-corrected chi connectivity index (χ1v) is 7.92. The van der Waals surface area contributed by atoms with Crippen LogP contribution in [0.15, 0.2) is 0 Å². The average Bonchev–Trinajstić information content (AvgIpc) is 2.43. The third-order valence-corrected chi connectivity index (χ3v) is 4.26. The number of hydrogen-bond acceptors (Lipinski definition) is 4. The summed E-state index contributed by atoms with van der Waals surface area (Å²) in [6.45, 7) is 11.4. The van der Waals surface area contributed by atoms with Crippen LogP contribution in [0.1, 0.15) is 40.0 Å². The van der Waals surface area contributed by atoms with Gasteiger partial charge in [-0.05, 0) is 25.8 Å². The van der Waals surface area contributed by atoms with E-state index in [1.807, 2.05) is 0 Å². The first kappa shape index (κ1) is 16.9. The van der Waals surface area contributed by atoms with Gasteiger partial charge in [-0.3, -0.25) is 4.90 Å². The molecule has 4 nitrogen and oxygen atoms in total. The predicted molar refractivity (Wildman–Crippen MR) is 79.4 cm³/mol. The molecule has 0 saturated carbocycles. The van der Waals surface area contributed by atoms with E-state index in [0.717, 1.165) is 52.1 Å². The molecule has 2 N–H and O–H groups in total. The van der Waals surface area contributed by atoms with Crippen molar-refractivity contribution in [2.24, 2.45) is 5.92 Å². The van der Waals surface area contributed by atoms with Gasteiger partial charge >= 0.3 is 0 Å². The molecular formula is C15H32N2O2. The van der Waals surface area contributed by atoms with E-state index in [9.17, 15) is 5.11 Å². The van der Waals surface area contributed by atoms with Crippen molar-refractivity contribution in [1.82, 2.24) is 10.2 Å². The molecule has 2 atom stereocenters. The van der Waals surface area contributed by atoms with Crippen molar-refractivity contribution in [2.45, 2.75) is 52.1 Å². The number of nitrogens with zero attached hydrogens (tertiary/aromatic N) is 1. The molecule has 0 aromatic rings. The Kier molecular flexibility index (Phi) is 8.62. The highest BCUT2D eigenvalue weighted by molar-refractivity contribution is 4.83. The van der Waals surface area contributed by atoms with E-state index in [1.54, 1.807) is 0 Å². The standard InChI is InChI=1S/C15H32N2O2/c1-4-14(5-2)17(8-9-18)11-13-12-19-10-7-15(13)16-6-3/h13-16,18H,4-12H2,1-3H3. The highest BCUT2D eigenvalue weighted by atomic mass is 16.5. The molecule has 1 rings (SSSR count). The second kappa shape index (κ2) is 9.70. The lowest BCUT2D eigenvalue weighted by molar-refractivity contribution is 0.00650. The maximum absolute atomic E-state index is 9.29. The zero-order valence-corrected chi connectivity index (χ0v) is 12.9. The Labute approximate surface area is 118 Å². The molecule has 0 aliphatic carbocycles. The van der Waals surface area contributed by atoms with Gasteiger partial charge in [0.2, 0.25) is 0 Å². The summed E-state index contributed by atoms with van der Waals surface area (Å²) in [6.07, 6.45) is 3.40. The summed E-state index contributed by atoms with van der Waals surface area (Å²) in [5.74, 6) is 0.542. The molecule has 1 aliphatic rings. The van der Waals surface area contributed by atoms with Gasteiger partial charge in [0.1, 0.15) is 0 Å². The molecule has 0 aromatic heterocycles. The lowest BCUT2D eigenvalue weighted by atomic mass is 9.94. The summed E-state index contributed by atoms with van der Waals surface area (Å²) in [4.78, 5) is 2.45. The maximum Gasteiger partial charge on any atom is 0.0558 e. The molecule has 1 fully saturated rings. The molecule has 19 heavy (non-hydrogen) atoms. The van der Waals surface area contributed by atoms with E-state index < -0.39 is 0 Å². The molecule has 0 spiro atoms. The number of ether oxygens (including phenoxy) is 1. The summed E-state index contributed by atoms with van der Waals surface area (Å²) in [5, 5.41) is 12.9. The quantitative estimate of drug-likeness (QED) is 0.667. The van der Waals surface area contributed by atoms with Crippen molar-refractivity contribution in [3.05, 3.63) is 0 Å². The topological polar surface area (TPSA) is 44.7 Å². The van der Waals surface area contributed by atoms with E-state index in [-0.39, 0.29) is 6.61 Å². The van der Waals surface area contributed by atoms with Gasteiger partial charge in [0, 0.05) is 37.7 Å². The molecule has 2 unspecified atom stereocenters. The van der Waals surface area contributed by atoms with Gasteiger partial charge in [-0.25, -0.2) is 0 Å². The Balaban J connectivity index is 2.58. The Morgan fingerprint density at radius 2 is 2.05 bits per heavy atom. The number of rotatable bonds is 9. The van der Waals surface area contributed by atoms with Crippen LogP contribution in [0.4, 0.5) is 0 Å². The van der Waals surface area contributed by atoms with Crippen molar-refractivity contribution in [3.63, 3.8) is 0 Å². The number of nitrogens with one attached hydrogen (secondary N) is 1. The monoisotopic (exact) mass is 272 g/mol. The van der Waals surface area contributed by atoms with Gasteiger partial charge in [0.15, 0.2) is 0 Å². The van der Waals surface area contributed by atoms with E-state index in [1.165, 1.54) is 0 Å². The largest absolute Gasteiger partial charge is 0.395 e. The fourth-order valence-corrected chi connectivity index (χ4v) is 3.17. The minimum absolute atomic E-state index is 0.246. The molecular weight excluding hydrogens is 240 g/mol. The molecule has 0 aromatic carbocycles. The van der Waals surface area contributed by atoms with E-state index in [0.29, 0.717) is 18.0 Å². The molecule has 0 bridgehead atoms. The van der Waals surface area contributed by atoms with Crippen molar-refractivity contribution >= 4 is 0 Å². The number of aliphatic hydroxyl groups is 1. The summed E-state index contributed by atoms with van der Waals surface area (Å²) in [5.41, 5.74) is 0. The lowest BCUT2D eigenvalue weighted by Gasteiger charge is -2.38. The Morgan fingerprint density at radius 3 is 2.63 bits per heavy atom. The van der Waals surface area contributed by atoms with Gasteiger partial charge in [-0.2, -0.15) is 0 Å². The van der Waals surface area contributed by atoms with E-state index in [4.69, 9.17) is 4.74 Å². The first-order valence-electron chi connectivity index (χ1n) is 7.92. The van der Waals surface area contributed by atoms with Crippen LogP contribution in [0.2, 0.25) is 0 Å². The van der Waals surface area contributed by atoms with Gasteiger partial charge in [0.25, 0.3) is 0 Å². The van der Waals surface area contributed by atoms with Crippen LogP contribution in [0, 0.1) is 5.92 Å². The number of aliphatic hydroxyl groups excluding tert-OH is 1. The first-order chi connectivity index (χ1) is 9.26. The second-order valence-corrected chi connectivity index (χ2v) is 5.48. The zero-order valence-electron chi connectivity index (χ0n) is 12.9. The van der Waals surface area contributed by atoms with Crippen LogP contribution < -0.4 is 5.32 Å². The Morgan fingerprint density at radius 1 is 1.32 bits per heavy atom. The predicted octanol–water partition coefficient (Wildman–Crippen LogP) is 1.48. The summed E-state index contributed by atoms with van der Waals surface area (Å²) in [7, 11) is 0.